The minimum Gasteiger partial charge on any atom is -0.497 e. The molecule has 1 unspecified atom stereocenters. The molecule has 2 aromatic heterocycles. The number of carbonyl (C=O) groups is 1. The maximum absolute atomic E-state index is 12.6. The zero-order valence-electron chi connectivity index (χ0n) is 15.2. The highest BCUT2D eigenvalue weighted by Crippen LogP contribution is 2.31. The van der Waals surface area contributed by atoms with Crippen LogP contribution in [0.25, 0.3) is 0 Å². The van der Waals surface area contributed by atoms with Gasteiger partial charge in [-0.05, 0) is 40.6 Å². The fourth-order valence-corrected chi connectivity index (χ4v) is 5.48. The number of carbonyl (C=O) groups excluding carboxylic acids is 1. The van der Waals surface area contributed by atoms with Crippen LogP contribution in [0.5, 0.6) is 5.75 Å². The Kier molecular flexibility index (Phi) is 5.57. The molecular weight excluding hydrogens is 376 g/mol. The second kappa shape index (κ2) is 8.25. The van der Waals surface area contributed by atoms with E-state index < -0.39 is 0 Å². The van der Waals surface area contributed by atoms with Gasteiger partial charge >= 0.3 is 0 Å². The van der Waals surface area contributed by atoms with Gasteiger partial charge < -0.3 is 15.0 Å². The standard InChI is InChI=1S/C21H22N2O2S2/c1-25-16-6-4-15(5-7-16)13-22-20(24)14-23-10-8-18-17(9-12-27-18)21(23)19-3-2-11-26-19/h2-7,9,11-12,21H,8,10,13-14H2,1H3,(H,22,24)/p+1/t21-/m0/s1. The fourth-order valence-electron chi connectivity index (χ4n) is 3.66. The summed E-state index contributed by atoms with van der Waals surface area (Å²) in [6.45, 7) is 2.03. The number of benzene rings is 1. The normalized spacial score (nSPS) is 18.7. The van der Waals surface area contributed by atoms with Crippen molar-refractivity contribution in [1.82, 2.24) is 5.32 Å². The number of hydrogen-bond acceptors (Lipinski definition) is 4. The summed E-state index contributed by atoms with van der Waals surface area (Å²) < 4.78 is 5.18. The molecular formula is C21H23N2O2S2+. The van der Waals surface area contributed by atoms with E-state index in [9.17, 15) is 4.79 Å². The van der Waals surface area contributed by atoms with E-state index in [4.69, 9.17) is 4.74 Å². The number of ether oxygens (including phenoxy) is 1. The molecule has 4 nitrogen and oxygen atoms in total. The Balaban J connectivity index is 1.42. The maximum Gasteiger partial charge on any atom is 0.275 e. The Hall–Kier alpha value is -2.15. The van der Waals surface area contributed by atoms with Crippen LogP contribution in [0.4, 0.5) is 0 Å². The number of methoxy groups -OCH3 is 1. The van der Waals surface area contributed by atoms with E-state index in [0.717, 1.165) is 24.3 Å². The van der Waals surface area contributed by atoms with Gasteiger partial charge in [-0.2, -0.15) is 0 Å². The van der Waals surface area contributed by atoms with Crippen LogP contribution in [-0.2, 0) is 17.8 Å². The van der Waals surface area contributed by atoms with Crippen molar-refractivity contribution in [2.45, 2.75) is 19.0 Å². The van der Waals surface area contributed by atoms with Crippen LogP contribution in [0.15, 0.2) is 53.2 Å². The molecule has 0 fully saturated rings. The van der Waals surface area contributed by atoms with Crippen molar-refractivity contribution in [2.75, 3.05) is 20.2 Å². The van der Waals surface area contributed by atoms with Crippen LogP contribution in [0.3, 0.4) is 0 Å². The average molecular weight is 400 g/mol. The van der Waals surface area contributed by atoms with Crippen molar-refractivity contribution in [3.63, 3.8) is 0 Å². The first-order valence-electron chi connectivity index (χ1n) is 9.08. The first-order valence-corrected chi connectivity index (χ1v) is 10.8. The molecule has 4 rings (SSSR count). The van der Waals surface area contributed by atoms with Crippen molar-refractivity contribution in [3.05, 3.63) is 74.1 Å². The topological polar surface area (TPSA) is 42.8 Å². The molecule has 0 radical (unpaired) electrons. The monoisotopic (exact) mass is 399 g/mol. The van der Waals surface area contributed by atoms with Gasteiger partial charge in [0.15, 0.2) is 6.54 Å². The molecule has 2 atom stereocenters. The van der Waals surface area contributed by atoms with Crippen molar-refractivity contribution >= 4 is 28.6 Å². The molecule has 1 amide bonds. The van der Waals surface area contributed by atoms with E-state index in [-0.39, 0.29) is 11.9 Å². The second-order valence-electron chi connectivity index (χ2n) is 6.71. The molecule has 0 aliphatic carbocycles. The summed E-state index contributed by atoms with van der Waals surface area (Å²) in [4.78, 5) is 16.8. The summed E-state index contributed by atoms with van der Waals surface area (Å²) in [6.07, 6.45) is 1.05. The van der Waals surface area contributed by atoms with Gasteiger partial charge in [-0.3, -0.25) is 4.79 Å². The third kappa shape index (κ3) is 4.08. The molecule has 140 valence electrons. The molecule has 1 aliphatic rings. The van der Waals surface area contributed by atoms with Crippen molar-refractivity contribution in [2.24, 2.45) is 0 Å². The molecule has 0 spiro atoms. The van der Waals surface area contributed by atoms with Gasteiger partial charge in [-0.25, -0.2) is 0 Å². The van der Waals surface area contributed by atoms with E-state index in [1.165, 1.54) is 20.2 Å². The Morgan fingerprint density at radius 3 is 2.78 bits per heavy atom. The lowest BCUT2D eigenvalue weighted by atomic mass is 9.98. The summed E-state index contributed by atoms with van der Waals surface area (Å²) in [5.41, 5.74) is 2.47. The minimum atomic E-state index is 0.0982. The first-order chi connectivity index (χ1) is 13.2. The summed E-state index contributed by atoms with van der Waals surface area (Å²) in [5.74, 6) is 0.925. The van der Waals surface area contributed by atoms with Crippen molar-refractivity contribution in [1.29, 1.82) is 0 Å². The number of thiophene rings is 2. The number of nitrogens with one attached hydrogen (secondary N) is 2. The largest absolute Gasteiger partial charge is 0.497 e. The first kappa shape index (κ1) is 18.2. The van der Waals surface area contributed by atoms with E-state index in [1.54, 1.807) is 18.4 Å². The lowest BCUT2D eigenvalue weighted by Gasteiger charge is -2.31. The molecule has 6 heteroatoms. The fraction of sp³-hybridized carbons (Fsp3) is 0.286. The number of quaternary nitrogens is 1. The van der Waals surface area contributed by atoms with Crippen LogP contribution < -0.4 is 15.0 Å². The van der Waals surface area contributed by atoms with E-state index in [2.05, 4.69) is 34.3 Å². The zero-order chi connectivity index (χ0) is 18.6. The molecule has 0 bridgehead atoms. The lowest BCUT2D eigenvalue weighted by Crippen LogP contribution is -3.14. The molecule has 1 aliphatic heterocycles. The van der Waals surface area contributed by atoms with Crippen LogP contribution >= 0.6 is 22.7 Å². The predicted octanol–water partition coefficient (Wildman–Crippen LogP) is 2.67. The van der Waals surface area contributed by atoms with Gasteiger partial charge in [-0.1, -0.05) is 18.2 Å². The maximum atomic E-state index is 12.6. The smallest absolute Gasteiger partial charge is 0.275 e. The summed E-state index contributed by atoms with van der Waals surface area (Å²) in [5, 5.41) is 7.37. The highest BCUT2D eigenvalue weighted by atomic mass is 32.1. The molecule has 0 saturated carbocycles. The van der Waals surface area contributed by atoms with E-state index in [1.807, 2.05) is 35.6 Å². The predicted molar refractivity (Wildman–Crippen MR) is 110 cm³/mol. The quantitative estimate of drug-likeness (QED) is 0.669. The molecule has 3 aromatic rings. The molecule has 3 heterocycles. The van der Waals surface area contributed by atoms with Gasteiger partial charge in [0.1, 0.15) is 11.8 Å². The van der Waals surface area contributed by atoms with Crippen molar-refractivity contribution in [3.8, 4) is 5.75 Å². The summed E-state index contributed by atoms with van der Waals surface area (Å²) >= 11 is 3.62. The lowest BCUT2D eigenvalue weighted by molar-refractivity contribution is -0.919. The van der Waals surface area contributed by atoms with Gasteiger partial charge in [0.05, 0.1) is 18.5 Å². The second-order valence-corrected chi connectivity index (χ2v) is 8.69. The number of hydrogen-bond donors (Lipinski definition) is 2. The van der Waals surface area contributed by atoms with Crippen LogP contribution in [-0.4, -0.2) is 26.1 Å². The average Bonchev–Trinajstić information content (AvgIpc) is 3.38. The van der Waals surface area contributed by atoms with E-state index >= 15 is 0 Å². The van der Waals surface area contributed by atoms with Crippen LogP contribution in [0.1, 0.15) is 26.9 Å². The number of rotatable bonds is 6. The number of fused-ring (bicyclic) bond motifs is 1. The Morgan fingerprint density at radius 2 is 2.04 bits per heavy atom. The van der Waals surface area contributed by atoms with Crippen molar-refractivity contribution < 1.29 is 14.4 Å². The summed E-state index contributed by atoms with van der Waals surface area (Å²) in [7, 11) is 1.65. The SMILES string of the molecule is COc1ccc(CNC(=O)C[NH+]2CCc3sccc3[C@H]2c2cccs2)cc1. The zero-order valence-corrected chi connectivity index (χ0v) is 16.9. The molecule has 2 N–H and O–H groups in total. The highest BCUT2D eigenvalue weighted by Gasteiger charge is 2.34. The molecule has 1 aromatic carbocycles. The van der Waals surface area contributed by atoms with Gasteiger partial charge in [0.2, 0.25) is 0 Å². The number of amides is 1. The van der Waals surface area contributed by atoms with Gasteiger partial charge in [-0.15, -0.1) is 22.7 Å². The van der Waals surface area contributed by atoms with E-state index in [0.29, 0.717) is 13.1 Å². The molecule has 0 saturated heterocycles. The van der Waals surface area contributed by atoms with Crippen LogP contribution in [0, 0.1) is 0 Å². The third-order valence-electron chi connectivity index (χ3n) is 5.04. The Morgan fingerprint density at radius 1 is 1.19 bits per heavy atom. The highest BCUT2D eigenvalue weighted by molar-refractivity contribution is 7.10. The van der Waals surface area contributed by atoms with Crippen LogP contribution in [0.2, 0.25) is 0 Å². The summed E-state index contributed by atoms with van der Waals surface area (Å²) in [6, 6.07) is 14.6. The van der Waals surface area contributed by atoms with Gasteiger partial charge in [0, 0.05) is 23.4 Å². The Labute approximate surface area is 167 Å². The minimum absolute atomic E-state index is 0.0982. The third-order valence-corrected chi connectivity index (χ3v) is 6.97. The van der Waals surface area contributed by atoms with Gasteiger partial charge in [0.25, 0.3) is 5.91 Å². The Bertz CT molecular complexity index is 887. The molecule has 27 heavy (non-hydrogen) atoms.